The average Bonchev–Trinajstić information content (AvgIpc) is 3.46. The lowest BCUT2D eigenvalue weighted by atomic mass is 10.1. The number of rotatable bonds is 56. The first-order chi connectivity index (χ1) is 40.0. The van der Waals surface area contributed by atoms with Crippen LogP contribution in [0.1, 0.15) is 252 Å². The van der Waals surface area contributed by atoms with E-state index in [2.05, 4.69) is 203 Å². The number of carbonyl (C=O) groups is 3. The number of unbranched alkanes of at least 4 members (excludes halogenated alkanes) is 15. The van der Waals surface area contributed by atoms with E-state index < -0.39 is 6.10 Å². The minimum absolute atomic E-state index is 0.116. The molecule has 81 heavy (non-hydrogen) atoms. The third-order valence-electron chi connectivity index (χ3n) is 12.9. The van der Waals surface area contributed by atoms with Gasteiger partial charge in [-0.05, 0) is 154 Å². The van der Waals surface area contributed by atoms with E-state index in [4.69, 9.17) is 14.2 Å². The summed E-state index contributed by atoms with van der Waals surface area (Å²) in [5, 5.41) is 0. The van der Waals surface area contributed by atoms with Gasteiger partial charge < -0.3 is 14.2 Å². The highest BCUT2D eigenvalue weighted by molar-refractivity contribution is 5.71. The molecule has 1 atom stereocenters. The third kappa shape index (κ3) is 65.2. The van der Waals surface area contributed by atoms with Crippen molar-refractivity contribution in [2.24, 2.45) is 0 Å². The summed E-state index contributed by atoms with van der Waals surface area (Å²) in [6.45, 7) is 6.23. The molecule has 0 saturated carbocycles. The molecule has 0 rings (SSSR count). The maximum absolute atomic E-state index is 12.9. The van der Waals surface area contributed by atoms with E-state index >= 15 is 0 Å². The molecule has 0 fully saturated rings. The zero-order valence-corrected chi connectivity index (χ0v) is 51.7. The minimum atomic E-state index is -0.820. The van der Waals surface area contributed by atoms with Crippen LogP contribution in [-0.2, 0) is 28.6 Å². The topological polar surface area (TPSA) is 78.9 Å². The van der Waals surface area contributed by atoms with Crippen molar-refractivity contribution >= 4 is 17.9 Å². The zero-order valence-electron chi connectivity index (χ0n) is 51.7. The van der Waals surface area contributed by atoms with Crippen LogP contribution in [0.5, 0.6) is 0 Å². The third-order valence-corrected chi connectivity index (χ3v) is 12.9. The van der Waals surface area contributed by atoms with Crippen LogP contribution in [0.3, 0.4) is 0 Å². The summed E-state index contributed by atoms with van der Waals surface area (Å²) in [6, 6.07) is 0. The van der Waals surface area contributed by atoms with Gasteiger partial charge >= 0.3 is 17.9 Å². The first-order valence-corrected chi connectivity index (χ1v) is 32.3. The van der Waals surface area contributed by atoms with Crippen LogP contribution in [0.4, 0.5) is 0 Å². The Bertz CT molecular complexity index is 1900. The Kier molecular flexibility index (Phi) is 62.5. The molecular formula is C75H116O6. The summed E-state index contributed by atoms with van der Waals surface area (Å²) in [6.07, 6.45) is 100. The van der Waals surface area contributed by atoms with Gasteiger partial charge in [-0.1, -0.05) is 261 Å². The Morgan fingerprint density at radius 1 is 0.247 bits per heavy atom. The molecule has 0 bridgehead atoms. The molecule has 0 aromatic heterocycles. The van der Waals surface area contributed by atoms with Crippen molar-refractivity contribution in [3.63, 3.8) is 0 Å². The van der Waals surface area contributed by atoms with E-state index in [1.54, 1.807) is 0 Å². The lowest BCUT2D eigenvalue weighted by Gasteiger charge is -2.18. The molecule has 0 aliphatic carbocycles. The largest absolute Gasteiger partial charge is 0.462 e. The Labute approximate surface area is 497 Å². The van der Waals surface area contributed by atoms with E-state index in [1.165, 1.54) is 38.5 Å². The molecule has 0 spiro atoms. The number of hydrogen-bond donors (Lipinski definition) is 0. The van der Waals surface area contributed by atoms with E-state index in [1.807, 2.05) is 0 Å². The molecule has 0 aromatic rings. The van der Waals surface area contributed by atoms with Gasteiger partial charge in [-0.25, -0.2) is 0 Å². The van der Waals surface area contributed by atoms with Crippen LogP contribution in [0, 0.1) is 0 Å². The normalized spacial score (nSPS) is 13.4. The first-order valence-electron chi connectivity index (χ1n) is 32.3. The maximum Gasteiger partial charge on any atom is 0.306 e. The highest BCUT2D eigenvalue weighted by Gasteiger charge is 2.19. The molecule has 0 heterocycles. The van der Waals surface area contributed by atoms with Crippen molar-refractivity contribution in [3.05, 3.63) is 182 Å². The monoisotopic (exact) mass is 1110 g/mol. The van der Waals surface area contributed by atoms with Crippen molar-refractivity contribution in [1.82, 2.24) is 0 Å². The van der Waals surface area contributed by atoms with Gasteiger partial charge in [-0.2, -0.15) is 0 Å². The summed E-state index contributed by atoms with van der Waals surface area (Å²) in [5.41, 5.74) is 0. The number of hydrogen-bond acceptors (Lipinski definition) is 6. The standard InChI is InChI=1S/C75H116O6/c1-4-7-10-13-16-19-22-25-27-29-31-33-35-37-39-41-43-45-47-50-53-56-59-62-65-68-74(77)80-71-72(70-79-73(76)67-64-61-58-55-52-49-24-21-18-15-12-9-6-3)81-75(78)69-66-63-60-57-54-51-48-46-44-42-40-38-36-34-32-30-28-26-23-20-17-14-11-8-5-2/h7-12,16-21,25-28,31-34,37-40,43,45,49-50,52-53,72H,4-6,13-15,22-24,29-30,35-36,41-42,44,46-48,51,54-71H2,1-3H3/b10-7-,11-8-,12-9-,19-16-,20-17-,21-18-,27-25-,28-26-,33-31-,34-32-,39-37-,40-38-,45-43-,52-49-,53-50-. The molecule has 0 aromatic carbocycles. The molecular weight excluding hydrogens is 997 g/mol. The van der Waals surface area contributed by atoms with Crippen LogP contribution in [0.25, 0.3) is 0 Å². The molecule has 6 nitrogen and oxygen atoms in total. The highest BCUT2D eigenvalue weighted by atomic mass is 16.6. The second kappa shape index (κ2) is 67.0. The predicted octanol–water partition coefficient (Wildman–Crippen LogP) is 22.4. The molecule has 0 aliphatic rings. The van der Waals surface area contributed by atoms with E-state index in [0.717, 1.165) is 173 Å². The highest BCUT2D eigenvalue weighted by Crippen LogP contribution is 2.14. The fourth-order valence-electron chi connectivity index (χ4n) is 8.17. The summed E-state index contributed by atoms with van der Waals surface area (Å²) in [4.78, 5) is 38.3. The molecule has 0 aliphatic heterocycles. The fourth-order valence-corrected chi connectivity index (χ4v) is 8.17. The summed E-state index contributed by atoms with van der Waals surface area (Å²) < 4.78 is 16.9. The van der Waals surface area contributed by atoms with Crippen molar-refractivity contribution in [2.75, 3.05) is 13.2 Å². The van der Waals surface area contributed by atoms with Gasteiger partial charge in [0.15, 0.2) is 6.10 Å². The Balaban J connectivity index is 4.47. The molecule has 452 valence electrons. The van der Waals surface area contributed by atoms with Crippen molar-refractivity contribution in [3.8, 4) is 0 Å². The first kappa shape index (κ1) is 75.5. The van der Waals surface area contributed by atoms with Crippen LogP contribution in [0.15, 0.2) is 182 Å². The van der Waals surface area contributed by atoms with Crippen LogP contribution >= 0.6 is 0 Å². The minimum Gasteiger partial charge on any atom is -0.462 e. The summed E-state index contributed by atoms with van der Waals surface area (Å²) >= 11 is 0. The van der Waals surface area contributed by atoms with E-state index in [9.17, 15) is 14.4 Å². The molecule has 0 N–H and O–H groups in total. The van der Waals surface area contributed by atoms with Gasteiger partial charge in [0.25, 0.3) is 0 Å². The number of esters is 3. The predicted molar refractivity (Wildman–Crippen MR) is 352 cm³/mol. The second-order valence-corrected chi connectivity index (χ2v) is 20.5. The number of ether oxygens (including phenoxy) is 3. The lowest BCUT2D eigenvalue weighted by molar-refractivity contribution is -0.167. The van der Waals surface area contributed by atoms with Crippen molar-refractivity contribution in [2.45, 2.75) is 258 Å². The smallest absolute Gasteiger partial charge is 0.306 e. The summed E-state index contributed by atoms with van der Waals surface area (Å²) in [5.74, 6) is -0.989. The molecule has 6 heteroatoms. The molecule has 0 saturated heterocycles. The van der Waals surface area contributed by atoms with Gasteiger partial charge in [0, 0.05) is 19.3 Å². The number of carbonyl (C=O) groups excluding carboxylic acids is 3. The van der Waals surface area contributed by atoms with Gasteiger partial charge in [0.05, 0.1) is 0 Å². The van der Waals surface area contributed by atoms with Gasteiger partial charge in [-0.15, -0.1) is 0 Å². The van der Waals surface area contributed by atoms with Crippen LogP contribution < -0.4 is 0 Å². The quantitative estimate of drug-likeness (QED) is 0.0261. The molecule has 1 unspecified atom stereocenters. The van der Waals surface area contributed by atoms with E-state index in [0.29, 0.717) is 19.3 Å². The molecule has 0 radical (unpaired) electrons. The van der Waals surface area contributed by atoms with Gasteiger partial charge in [0.2, 0.25) is 0 Å². The van der Waals surface area contributed by atoms with Crippen molar-refractivity contribution in [1.29, 1.82) is 0 Å². The lowest BCUT2D eigenvalue weighted by Crippen LogP contribution is -2.30. The Morgan fingerprint density at radius 3 is 0.704 bits per heavy atom. The SMILES string of the molecule is CC/C=C\C/C=C\C/C=C\C/C=C\C/C=C\C/C=C\C/C=C\CCCCCC(=O)OCC(COC(=O)CCCCC/C=C\C/C=C\C/C=C\CC)OC(=O)CCCCCCCCCCC/C=C\C/C=C\C/C=C\C/C=C\C/C=C\CC. The fraction of sp³-hybridized carbons (Fsp3) is 0.560. The average molecular weight is 1110 g/mol. The van der Waals surface area contributed by atoms with Crippen molar-refractivity contribution < 1.29 is 28.6 Å². The van der Waals surface area contributed by atoms with Crippen LogP contribution in [0.2, 0.25) is 0 Å². The van der Waals surface area contributed by atoms with Gasteiger partial charge in [0.1, 0.15) is 13.2 Å². The van der Waals surface area contributed by atoms with E-state index in [-0.39, 0.29) is 31.1 Å². The Hall–Kier alpha value is -5.49. The van der Waals surface area contributed by atoms with Gasteiger partial charge in [-0.3, -0.25) is 14.4 Å². The second-order valence-electron chi connectivity index (χ2n) is 20.5. The van der Waals surface area contributed by atoms with Crippen LogP contribution in [-0.4, -0.2) is 37.2 Å². The number of allylic oxidation sites excluding steroid dienone is 30. The maximum atomic E-state index is 12.9. The Morgan fingerprint density at radius 2 is 0.444 bits per heavy atom. The molecule has 0 amide bonds. The summed E-state index contributed by atoms with van der Waals surface area (Å²) in [7, 11) is 0. The zero-order chi connectivity index (χ0) is 58.5.